The lowest BCUT2D eigenvalue weighted by Gasteiger charge is -2.06. The summed E-state index contributed by atoms with van der Waals surface area (Å²) in [6.07, 6.45) is 0. The highest BCUT2D eigenvalue weighted by atomic mass is 15.3. The van der Waals surface area contributed by atoms with Gasteiger partial charge in [-0.15, -0.1) is 0 Å². The first-order chi connectivity index (χ1) is 12.3. The predicted octanol–water partition coefficient (Wildman–Crippen LogP) is 4.85. The summed E-state index contributed by atoms with van der Waals surface area (Å²) in [4.78, 5) is 0. The van der Waals surface area contributed by atoms with Crippen molar-refractivity contribution in [2.24, 2.45) is 0 Å². The van der Waals surface area contributed by atoms with Crippen LogP contribution in [-0.2, 0) is 6.54 Å². The van der Waals surface area contributed by atoms with Crippen molar-refractivity contribution in [1.82, 2.24) is 9.78 Å². The molecule has 0 aliphatic heterocycles. The minimum atomic E-state index is 0.652. The molecule has 0 unspecified atom stereocenters. The monoisotopic (exact) mass is 325 g/mol. The van der Waals surface area contributed by atoms with E-state index in [9.17, 15) is 0 Å². The van der Waals surface area contributed by atoms with Gasteiger partial charge in [0, 0.05) is 5.56 Å². The first-order valence-electron chi connectivity index (χ1n) is 8.34. The molecule has 1 heterocycles. The van der Waals surface area contributed by atoms with Crippen LogP contribution in [0.3, 0.4) is 0 Å². The molecule has 122 valence electrons. The van der Waals surface area contributed by atoms with E-state index < -0.39 is 0 Å². The second-order valence-electron chi connectivity index (χ2n) is 5.98. The van der Waals surface area contributed by atoms with E-state index in [0.29, 0.717) is 12.4 Å². The van der Waals surface area contributed by atoms with Crippen LogP contribution in [0.5, 0.6) is 0 Å². The van der Waals surface area contributed by atoms with Gasteiger partial charge in [0.25, 0.3) is 0 Å². The van der Waals surface area contributed by atoms with Crippen molar-refractivity contribution in [3.63, 3.8) is 0 Å². The SMILES string of the molecule is Nc1c(-c2ccccc2)c(-c2ccccc2)nn1Cc1ccccc1. The Morgan fingerprint density at radius 3 is 1.80 bits per heavy atom. The van der Waals surface area contributed by atoms with E-state index in [0.717, 1.165) is 22.4 Å². The molecule has 0 bridgehead atoms. The van der Waals surface area contributed by atoms with E-state index >= 15 is 0 Å². The fourth-order valence-electron chi connectivity index (χ4n) is 3.04. The van der Waals surface area contributed by atoms with E-state index in [2.05, 4.69) is 36.4 Å². The first-order valence-corrected chi connectivity index (χ1v) is 8.34. The summed E-state index contributed by atoms with van der Waals surface area (Å²) in [5.41, 5.74) is 11.8. The molecule has 0 atom stereocenters. The third-order valence-corrected chi connectivity index (χ3v) is 4.28. The molecule has 0 saturated heterocycles. The number of benzene rings is 3. The standard InChI is InChI=1S/C22H19N3/c23-22-20(18-12-6-2-7-13-18)21(19-14-8-3-9-15-19)24-25(22)16-17-10-4-1-5-11-17/h1-15H,16,23H2. The summed E-state index contributed by atoms with van der Waals surface area (Å²) in [5, 5.41) is 4.84. The first kappa shape index (κ1) is 15.2. The molecule has 0 fully saturated rings. The largest absolute Gasteiger partial charge is 0.383 e. The van der Waals surface area contributed by atoms with Gasteiger partial charge in [0.05, 0.1) is 12.1 Å². The molecule has 4 rings (SSSR count). The zero-order valence-corrected chi connectivity index (χ0v) is 13.8. The molecule has 0 radical (unpaired) electrons. The topological polar surface area (TPSA) is 43.8 Å². The highest BCUT2D eigenvalue weighted by molar-refractivity contribution is 5.88. The molecule has 1 aromatic heterocycles. The maximum atomic E-state index is 6.52. The molecule has 3 nitrogen and oxygen atoms in total. The molecule has 2 N–H and O–H groups in total. The Morgan fingerprint density at radius 1 is 0.680 bits per heavy atom. The van der Waals surface area contributed by atoms with Crippen molar-refractivity contribution >= 4 is 5.82 Å². The summed E-state index contributed by atoms with van der Waals surface area (Å²) >= 11 is 0. The van der Waals surface area contributed by atoms with E-state index in [1.54, 1.807) is 0 Å². The second-order valence-corrected chi connectivity index (χ2v) is 5.98. The fourth-order valence-corrected chi connectivity index (χ4v) is 3.04. The molecule has 0 spiro atoms. The van der Waals surface area contributed by atoms with Crippen LogP contribution in [0.25, 0.3) is 22.4 Å². The average molecular weight is 325 g/mol. The number of anilines is 1. The van der Waals surface area contributed by atoms with Crippen molar-refractivity contribution in [3.8, 4) is 22.4 Å². The van der Waals surface area contributed by atoms with E-state index in [-0.39, 0.29) is 0 Å². The normalized spacial score (nSPS) is 10.7. The van der Waals surface area contributed by atoms with Crippen LogP contribution in [0, 0.1) is 0 Å². The smallest absolute Gasteiger partial charge is 0.130 e. The maximum absolute atomic E-state index is 6.52. The average Bonchev–Trinajstić information content (AvgIpc) is 3.00. The number of nitrogens with two attached hydrogens (primary N) is 1. The van der Waals surface area contributed by atoms with E-state index in [4.69, 9.17) is 10.8 Å². The molecular formula is C22H19N3. The Labute approximate surface area is 147 Å². The van der Waals surface area contributed by atoms with E-state index in [1.807, 2.05) is 59.3 Å². The third-order valence-electron chi connectivity index (χ3n) is 4.28. The van der Waals surface area contributed by atoms with Gasteiger partial charge in [0.1, 0.15) is 11.5 Å². The minimum Gasteiger partial charge on any atom is -0.383 e. The van der Waals surface area contributed by atoms with Gasteiger partial charge in [-0.25, -0.2) is 4.68 Å². The van der Waals surface area contributed by atoms with Gasteiger partial charge < -0.3 is 5.73 Å². The summed E-state index contributed by atoms with van der Waals surface area (Å²) in [7, 11) is 0. The zero-order chi connectivity index (χ0) is 17.1. The second kappa shape index (κ2) is 6.65. The molecule has 3 heteroatoms. The lowest BCUT2D eigenvalue weighted by molar-refractivity contribution is 0.700. The van der Waals surface area contributed by atoms with Gasteiger partial charge in [-0.05, 0) is 11.1 Å². The quantitative estimate of drug-likeness (QED) is 0.583. The predicted molar refractivity (Wildman–Crippen MR) is 103 cm³/mol. The Hall–Kier alpha value is -3.33. The van der Waals surface area contributed by atoms with Crippen LogP contribution in [0.1, 0.15) is 5.56 Å². The fraction of sp³-hybridized carbons (Fsp3) is 0.0455. The lowest BCUT2D eigenvalue weighted by Crippen LogP contribution is -2.06. The number of nitrogen functional groups attached to an aromatic ring is 1. The highest BCUT2D eigenvalue weighted by Gasteiger charge is 2.18. The summed E-state index contributed by atoms with van der Waals surface area (Å²) < 4.78 is 1.89. The third kappa shape index (κ3) is 3.04. The number of nitrogens with zero attached hydrogens (tertiary/aromatic N) is 2. The maximum Gasteiger partial charge on any atom is 0.130 e. The molecule has 0 aliphatic rings. The Balaban J connectivity index is 1.86. The van der Waals surface area contributed by atoms with Crippen LogP contribution >= 0.6 is 0 Å². The zero-order valence-electron chi connectivity index (χ0n) is 13.8. The minimum absolute atomic E-state index is 0.652. The summed E-state index contributed by atoms with van der Waals surface area (Å²) in [6.45, 7) is 0.652. The van der Waals surface area contributed by atoms with Crippen molar-refractivity contribution in [3.05, 3.63) is 96.6 Å². The molecule has 0 amide bonds. The van der Waals surface area contributed by atoms with Crippen molar-refractivity contribution in [2.45, 2.75) is 6.54 Å². The number of hydrogen-bond donors (Lipinski definition) is 1. The van der Waals surface area contributed by atoms with Crippen LogP contribution in [-0.4, -0.2) is 9.78 Å². The molecule has 3 aromatic carbocycles. The van der Waals surface area contributed by atoms with Gasteiger partial charge in [0.15, 0.2) is 0 Å². The number of aromatic nitrogens is 2. The number of rotatable bonds is 4. The number of hydrogen-bond acceptors (Lipinski definition) is 2. The Morgan fingerprint density at radius 2 is 1.20 bits per heavy atom. The van der Waals surface area contributed by atoms with Crippen molar-refractivity contribution in [1.29, 1.82) is 0 Å². The summed E-state index contributed by atoms with van der Waals surface area (Å²) in [5.74, 6) is 0.689. The summed E-state index contributed by atoms with van der Waals surface area (Å²) in [6, 6.07) is 30.7. The van der Waals surface area contributed by atoms with Gasteiger partial charge in [-0.3, -0.25) is 0 Å². The van der Waals surface area contributed by atoms with Crippen LogP contribution in [0.15, 0.2) is 91.0 Å². The molecule has 4 aromatic rings. The van der Waals surface area contributed by atoms with E-state index in [1.165, 1.54) is 5.56 Å². The van der Waals surface area contributed by atoms with Gasteiger partial charge >= 0.3 is 0 Å². The van der Waals surface area contributed by atoms with Crippen molar-refractivity contribution < 1.29 is 0 Å². The molecular weight excluding hydrogens is 306 g/mol. The van der Waals surface area contributed by atoms with Crippen molar-refractivity contribution in [2.75, 3.05) is 5.73 Å². The molecule has 25 heavy (non-hydrogen) atoms. The van der Waals surface area contributed by atoms with Crippen LogP contribution < -0.4 is 5.73 Å². The van der Waals surface area contributed by atoms with Gasteiger partial charge in [-0.1, -0.05) is 91.0 Å². The highest BCUT2D eigenvalue weighted by Crippen LogP contribution is 2.36. The van der Waals surface area contributed by atoms with Gasteiger partial charge in [0.2, 0.25) is 0 Å². The van der Waals surface area contributed by atoms with Gasteiger partial charge in [-0.2, -0.15) is 5.10 Å². The lowest BCUT2D eigenvalue weighted by atomic mass is 10.0. The van der Waals surface area contributed by atoms with Crippen LogP contribution in [0.4, 0.5) is 5.82 Å². The Kier molecular flexibility index (Phi) is 4.05. The molecule has 0 aliphatic carbocycles. The Bertz CT molecular complexity index is 958. The molecule has 0 saturated carbocycles. The van der Waals surface area contributed by atoms with Crippen LogP contribution in [0.2, 0.25) is 0 Å².